The number of aryl methyl sites for hydroxylation is 1. The van der Waals surface area contributed by atoms with Crippen molar-refractivity contribution >= 4 is 12.0 Å². The number of hydrogen-bond donors (Lipinski definition) is 3. The molecule has 2 heterocycles. The van der Waals surface area contributed by atoms with Crippen LogP contribution in [0.1, 0.15) is 37.6 Å². The van der Waals surface area contributed by atoms with Gasteiger partial charge in [-0.1, -0.05) is 6.92 Å². The topological polar surface area (TPSA) is 90.9 Å². The number of nitrogens with one attached hydrogen (secondary N) is 3. The minimum absolute atomic E-state index is 0.247. The predicted molar refractivity (Wildman–Crippen MR) is 74.2 cm³/mol. The second kappa shape index (κ2) is 6.47. The average Bonchev–Trinajstić information content (AvgIpc) is 2.40. The molecule has 2 rings (SSSR count). The molecule has 1 saturated heterocycles. The Hall–Kier alpha value is -1.69. The highest BCUT2D eigenvalue weighted by Gasteiger charge is 2.17. The van der Waals surface area contributed by atoms with Crippen LogP contribution >= 0.6 is 0 Å². The third-order valence-corrected chi connectivity index (χ3v) is 3.20. The van der Waals surface area contributed by atoms with Gasteiger partial charge < -0.3 is 20.4 Å². The van der Waals surface area contributed by atoms with Crippen molar-refractivity contribution in [2.75, 3.05) is 18.5 Å². The average molecular weight is 264 g/mol. The van der Waals surface area contributed by atoms with Crippen LogP contribution in [0.15, 0.2) is 4.79 Å². The Kier molecular flexibility index (Phi) is 4.68. The van der Waals surface area contributed by atoms with Gasteiger partial charge in [0.1, 0.15) is 11.6 Å². The Balaban J connectivity index is 2.25. The molecule has 1 aromatic heterocycles. The van der Waals surface area contributed by atoms with E-state index in [9.17, 15) is 4.79 Å². The van der Waals surface area contributed by atoms with E-state index in [1.54, 1.807) is 0 Å². The Bertz CT molecular complexity index is 492. The standard InChI is InChI=1S/C13H20N4O2/c1-2-3-11-16-12(10(8-14)13(18)17-11)15-9-4-6-19-7-5-9/h8-9,14H,2-7H2,1H3,(H2,15,16,17,18). The molecule has 1 fully saturated rings. The zero-order valence-electron chi connectivity index (χ0n) is 11.2. The van der Waals surface area contributed by atoms with Crippen molar-refractivity contribution in [3.05, 3.63) is 21.7 Å². The molecule has 6 nitrogen and oxygen atoms in total. The Labute approximate surface area is 112 Å². The molecule has 0 radical (unpaired) electrons. The van der Waals surface area contributed by atoms with Crippen LogP contribution in [0.4, 0.5) is 5.82 Å². The van der Waals surface area contributed by atoms with E-state index < -0.39 is 0 Å². The maximum absolute atomic E-state index is 11.9. The molecular weight excluding hydrogens is 244 g/mol. The summed E-state index contributed by atoms with van der Waals surface area (Å²) in [5.41, 5.74) is 0.0503. The van der Waals surface area contributed by atoms with Crippen LogP contribution < -0.4 is 10.9 Å². The number of anilines is 1. The summed E-state index contributed by atoms with van der Waals surface area (Å²) in [6, 6.07) is 0.260. The van der Waals surface area contributed by atoms with Gasteiger partial charge in [0.05, 0.1) is 5.56 Å². The maximum Gasteiger partial charge on any atom is 0.261 e. The minimum Gasteiger partial charge on any atom is -0.381 e. The third kappa shape index (κ3) is 3.41. The van der Waals surface area contributed by atoms with Crippen LogP contribution in [0, 0.1) is 5.41 Å². The fourth-order valence-electron chi connectivity index (χ4n) is 2.16. The van der Waals surface area contributed by atoms with Gasteiger partial charge >= 0.3 is 0 Å². The molecule has 0 aromatic carbocycles. The quantitative estimate of drug-likeness (QED) is 0.699. The second-order valence-corrected chi connectivity index (χ2v) is 4.70. The Morgan fingerprint density at radius 2 is 2.26 bits per heavy atom. The van der Waals surface area contributed by atoms with Crippen molar-refractivity contribution in [2.45, 2.75) is 38.6 Å². The van der Waals surface area contributed by atoms with Gasteiger partial charge in [-0.15, -0.1) is 0 Å². The van der Waals surface area contributed by atoms with E-state index >= 15 is 0 Å². The Morgan fingerprint density at radius 3 is 2.89 bits per heavy atom. The van der Waals surface area contributed by atoms with Gasteiger partial charge in [0, 0.05) is 31.9 Å². The number of aromatic nitrogens is 2. The van der Waals surface area contributed by atoms with E-state index in [0.29, 0.717) is 17.2 Å². The first-order chi connectivity index (χ1) is 9.24. The van der Waals surface area contributed by atoms with Crippen molar-refractivity contribution in [1.29, 1.82) is 5.41 Å². The number of nitrogens with zero attached hydrogens (tertiary/aromatic N) is 1. The fourth-order valence-corrected chi connectivity index (χ4v) is 2.16. The zero-order valence-corrected chi connectivity index (χ0v) is 11.2. The lowest BCUT2D eigenvalue weighted by molar-refractivity contribution is 0.0904. The molecule has 0 bridgehead atoms. The second-order valence-electron chi connectivity index (χ2n) is 4.70. The SMILES string of the molecule is CCCc1nc(NC2CCOCC2)c(C=N)c(=O)[nH]1. The molecule has 0 unspecified atom stereocenters. The van der Waals surface area contributed by atoms with Crippen LogP contribution in [0.3, 0.4) is 0 Å². The molecule has 6 heteroatoms. The van der Waals surface area contributed by atoms with E-state index in [1.807, 2.05) is 6.92 Å². The molecule has 0 spiro atoms. The Morgan fingerprint density at radius 1 is 1.53 bits per heavy atom. The van der Waals surface area contributed by atoms with Crippen LogP contribution in [-0.4, -0.2) is 35.4 Å². The number of aromatic amines is 1. The van der Waals surface area contributed by atoms with E-state index in [0.717, 1.165) is 45.1 Å². The molecule has 104 valence electrons. The van der Waals surface area contributed by atoms with E-state index in [2.05, 4.69) is 15.3 Å². The first kappa shape index (κ1) is 13.7. The summed E-state index contributed by atoms with van der Waals surface area (Å²) in [6.45, 7) is 3.49. The van der Waals surface area contributed by atoms with Gasteiger partial charge in [0.25, 0.3) is 5.56 Å². The number of H-pyrrole nitrogens is 1. The van der Waals surface area contributed by atoms with Crippen LogP contribution in [0.5, 0.6) is 0 Å². The monoisotopic (exact) mass is 264 g/mol. The summed E-state index contributed by atoms with van der Waals surface area (Å²) in [6.07, 6.45) is 4.51. The van der Waals surface area contributed by atoms with Crippen molar-refractivity contribution in [3.63, 3.8) is 0 Å². The van der Waals surface area contributed by atoms with Crippen molar-refractivity contribution in [1.82, 2.24) is 9.97 Å². The molecule has 19 heavy (non-hydrogen) atoms. The minimum atomic E-state index is -0.247. The van der Waals surface area contributed by atoms with E-state index in [1.165, 1.54) is 0 Å². The van der Waals surface area contributed by atoms with Crippen molar-refractivity contribution in [2.24, 2.45) is 0 Å². The van der Waals surface area contributed by atoms with Gasteiger partial charge in [-0.2, -0.15) is 0 Å². The summed E-state index contributed by atoms with van der Waals surface area (Å²) in [5.74, 6) is 1.20. The predicted octanol–water partition coefficient (Wildman–Crippen LogP) is 1.31. The van der Waals surface area contributed by atoms with Crippen molar-refractivity contribution < 1.29 is 4.74 Å². The van der Waals surface area contributed by atoms with Crippen molar-refractivity contribution in [3.8, 4) is 0 Å². The van der Waals surface area contributed by atoms with Gasteiger partial charge in [0.2, 0.25) is 0 Å². The number of rotatable bonds is 5. The fraction of sp³-hybridized carbons (Fsp3) is 0.615. The summed E-state index contributed by atoms with van der Waals surface area (Å²) < 4.78 is 5.31. The summed E-state index contributed by atoms with van der Waals surface area (Å²) in [4.78, 5) is 19.0. The van der Waals surface area contributed by atoms with Crippen LogP contribution in [0.25, 0.3) is 0 Å². The zero-order chi connectivity index (χ0) is 13.7. The highest BCUT2D eigenvalue weighted by molar-refractivity contribution is 5.83. The lowest BCUT2D eigenvalue weighted by Crippen LogP contribution is -2.30. The molecule has 0 atom stereocenters. The first-order valence-corrected chi connectivity index (χ1v) is 6.72. The summed E-state index contributed by atoms with van der Waals surface area (Å²) in [7, 11) is 0. The highest BCUT2D eigenvalue weighted by Crippen LogP contribution is 2.14. The maximum atomic E-state index is 11.9. The molecule has 0 aliphatic carbocycles. The molecule has 1 aromatic rings. The van der Waals surface area contributed by atoms with Gasteiger partial charge in [0.15, 0.2) is 0 Å². The van der Waals surface area contributed by atoms with E-state index in [-0.39, 0.29) is 11.6 Å². The third-order valence-electron chi connectivity index (χ3n) is 3.20. The smallest absolute Gasteiger partial charge is 0.261 e. The lowest BCUT2D eigenvalue weighted by atomic mass is 10.1. The van der Waals surface area contributed by atoms with Crippen LogP contribution in [0.2, 0.25) is 0 Å². The lowest BCUT2D eigenvalue weighted by Gasteiger charge is -2.24. The van der Waals surface area contributed by atoms with Gasteiger partial charge in [-0.25, -0.2) is 4.98 Å². The number of ether oxygens (including phenoxy) is 1. The summed E-state index contributed by atoms with van der Waals surface area (Å²) >= 11 is 0. The normalized spacial score (nSPS) is 16.3. The van der Waals surface area contributed by atoms with E-state index in [4.69, 9.17) is 10.1 Å². The molecule has 0 amide bonds. The first-order valence-electron chi connectivity index (χ1n) is 6.72. The largest absolute Gasteiger partial charge is 0.381 e. The van der Waals surface area contributed by atoms with Gasteiger partial charge in [-0.3, -0.25) is 4.79 Å². The molecule has 1 aliphatic rings. The summed E-state index contributed by atoms with van der Waals surface area (Å²) in [5, 5.41) is 10.6. The molecular formula is C13H20N4O2. The van der Waals surface area contributed by atoms with Crippen LogP contribution in [-0.2, 0) is 11.2 Å². The number of hydrogen-bond acceptors (Lipinski definition) is 5. The molecule has 3 N–H and O–H groups in total. The van der Waals surface area contributed by atoms with Gasteiger partial charge in [-0.05, 0) is 19.3 Å². The molecule has 0 saturated carbocycles. The highest BCUT2D eigenvalue weighted by atomic mass is 16.5. The molecule has 1 aliphatic heterocycles.